The van der Waals surface area contributed by atoms with Gasteiger partial charge in [-0.25, -0.2) is 4.79 Å². The molecule has 2 aromatic carbocycles. The Morgan fingerprint density at radius 2 is 1.80 bits per heavy atom. The summed E-state index contributed by atoms with van der Waals surface area (Å²) in [5.41, 5.74) is 5.02. The topological polar surface area (TPSA) is 104 Å². The van der Waals surface area contributed by atoms with Crippen LogP contribution in [0.2, 0.25) is 10.0 Å². The molecule has 0 saturated carbocycles. The van der Waals surface area contributed by atoms with Gasteiger partial charge in [-0.3, -0.25) is 4.79 Å². The summed E-state index contributed by atoms with van der Waals surface area (Å²) < 4.78 is 11.2. The largest absolute Gasteiger partial charge is 0.377 e. The molecule has 0 aromatic heterocycles. The van der Waals surface area contributed by atoms with Gasteiger partial charge < -0.3 is 35.6 Å². The number of nitrogens with zero attached hydrogens (tertiary/aromatic N) is 1. The molecule has 1 unspecified atom stereocenters. The highest BCUT2D eigenvalue weighted by molar-refractivity contribution is 6.35. The number of ether oxygens (including phenoxy) is 2. The van der Waals surface area contributed by atoms with Crippen molar-refractivity contribution >= 4 is 35.1 Å². The third-order valence-electron chi connectivity index (χ3n) is 7.18. The van der Waals surface area contributed by atoms with Gasteiger partial charge in [0, 0.05) is 60.8 Å². The zero-order valence-corrected chi connectivity index (χ0v) is 24.5. The van der Waals surface area contributed by atoms with Gasteiger partial charge in [-0.05, 0) is 66.9 Å². The Balaban J connectivity index is 1.13. The minimum Gasteiger partial charge on any atom is -0.377 e. The molecule has 2 heterocycles. The lowest BCUT2D eigenvalue weighted by Gasteiger charge is -2.28. The number of unbranched alkanes of at least 4 members (excludes halogenated alkanes) is 1. The van der Waals surface area contributed by atoms with Crippen molar-refractivity contribution in [1.82, 2.24) is 26.2 Å². The van der Waals surface area contributed by atoms with Gasteiger partial charge >= 0.3 is 6.03 Å². The molecule has 2 aliphatic heterocycles. The fraction of sp³-hybridized carbons (Fsp3) is 0.517. The molecule has 11 heteroatoms. The fourth-order valence-corrected chi connectivity index (χ4v) is 5.65. The van der Waals surface area contributed by atoms with Gasteiger partial charge in [0.25, 0.3) is 5.91 Å². The van der Waals surface area contributed by atoms with E-state index in [1.165, 1.54) is 0 Å². The number of carbonyl (C=O) groups is 2. The Morgan fingerprint density at radius 3 is 2.62 bits per heavy atom. The Hall–Kier alpha value is -2.40. The van der Waals surface area contributed by atoms with Crippen molar-refractivity contribution in [3.63, 3.8) is 0 Å². The van der Waals surface area contributed by atoms with Crippen LogP contribution in [0.15, 0.2) is 30.3 Å². The molecule has 0 bridgehead atoms. The molecule has 40 heavy (non-hydrogen) atoms. The maximum absolute atomic E-state index is 13.1. The summed E-state index contributed by atoms with van der Waals surface area (Å²) in [4.78, 5) is 26.6. The lowest BCUT2D eigenvalue weighted by atomic mass is 9.84. The Labute approximate surface area is 246 Å². The van der Waals surface area contributed by atoms with Crippen LogP contribution in [0.25, 0.3) is 0 Å². The molecule has 0 radical (unpaired) electrons. The average molecular weight is 593 g/mol. The van der Waals surface area contributed by atoms with E-state index in [1.54, 1.807) is 6.07 Å². The van der Waals surface area contributed by atoms with Gasteiger partial charge in [0.05, 0.1) is 26.4 Å². The van der Waals surface area contributed by atoms with Crippen LogP contribution in [0.1, 0.15) is 51.4 Å². The first kappa shape index (κ1) is 30.6. The second-order valence-electron chi connectivity index (χ2n) is 10.0. The Morgan fingerprint density at radius 1 is 1.02 bits per heavy atom. The maximum atomic E-state index is 13.1. The fourth-order valence-electron chi connectivity index (χ4n) is 5.07. The summed E-state index contributed by atoms with van der Waals surface area (Å²) in [6, 6.07) is 9.75. The van der Waals surface area contributed by atoms with Crippen LogP contribution in [-0.2, 0) is 22.6 Å². The van der Waals surface area contributed by atoms with Crippen LogP contribution in [-0.4, -0.2) is 83.0 Å². The number of hydrogen-bond acceptors (Lipinski definition) is 6. The van der Waals surface area contributed by atoms with Crippen LogP contribution in [0, 0.1) is 0 Å². The molecule has 2 aliphatic rings. The van der Waals surface area contributed by atoms with Gasteiger partial charge in [-0.2, -0.15) is 0 Å². The number of benzene rings is 2. The van der Waals surface area contributed by atoms with E-state index in [0.29, 0.717) is 69.2 Å². The molecule has 2 aromatic rings. The molecular weight excluding hydrogens is 553 g/mol. The van der Waals surface area contributed by atoms with E-state index in [9.17, 15) is 9.59 Å². The number of urea groups is 1. The summed E-state index contributed by atoms with van der Waals surface area (Å²) in [6.45, 7) is 6.30. The SMILES string of the molecule is CNCCCCNC(=O)NCCOCCOCCN1Cc2ccc(C3CNCc4c(Cl)cc(Cl)cc43)cc2C1=O. The quantitative estimate of drug-likeness (QED) is 0.236. The van der Waals surface area contributed by atoms with E-state index in [4.69, 9.17) is 32.7 Å². The van der Waals surface area contributed by atoms with E-state index in [1.807, 2.05) is 24.1 Å². The molecule has 0 saturated heterocycles. The molecular formula is C29H39Cl2N5O4. The first-order valence-corrected chi connectivity index (χ1v) is 14.7. The van der Waals surface area contributed by atoms with E-state index >= 15 is 0 Å². The van der Waals surface area contributed by atoms with Gasteiger partial charge in [-0.15, -0.1) is 0 Å². The Bertz CT molecular complexity index is 1170. The van der Waals surface area contributed by atoms with E-state index in [-0.39, 0.29) is 17.9 Å². The molecule has 218 valence electrons. The van der Waals surface area contributed by atoms with Crippen molar-refractivity contribution < 1.29 is 19.1 Å². The normalized spacial score (nSPS) is 16.1. The summed E-state index contributed by atoms with van der Waals surface area (Å²) in [5.74, 6) is 0.101. The minimum absolute atomic E-state index is 0.0243. The van der Waals surface area contributed by atoms with Crippen molar-refractivity contribution in [1.29, 1.82) is 0 Å². The molecule has 0 fully saturated rings. The maximum Gasteiger partial charge on any atom is 0.314 e. The summed E-state index contributed by atoms with van der Waals surface area (Å²) in [6.07, 6.45) is 1.97. The molecule has 4 N–H and O–H groups in total. The predicted molar refractivity (Wildman–Crippen MR) is 157 cm³/mol. The second kappa shape index (κ2) is 15.6. The summed E-state index contributed by atoms with van der Waals surface area (Å²) >= 11 is 12.8. The molecule has 4 rings (SSSR count). The van der Waals surface area contributed by atoms with Crippen LogP contribution in [0.3, 0.4) is 0 Å². The number of halogens is 2. The zero-order valence-electron chi connectivity index (χ0n) is 23.0. The van der Waals surface area contributed by atoms with Crippen LogP contribution in [0.4, 0.5) is 4.79 Å². The zero-order chi connectivity index (χ0) is 28.3. The highest BCUT2D eigenvalue weighted by Crippen LogP contribution is 2.37. The number of fused-ring (bicyclic) bond motifs is 2. The van der Waals surface area contributed by atoms with Crippen molar-refractivity contribution in [2.45, 2.75) is 31.8 Å². The average Bonchev–Trinajstić information content (AvgIpc) is 3.26. The highest BCUT2D eigenvalue weighted by atomic mass is 35.5. The smallest absolute Gasteiger partial charge is 0.314 e. The lowest BCUT2D eigenvalue weighted by molar-refractivity contribution is 0.0377. The third-order valence-corrected chi connectivity index (χ3v) is 7.74. The first-order chi connectivity index (χ1) is 19.5. The standard InChI is InChI=1S/C29H39Cl2N5O4/c1-32-6-2-3-7-34-29(38)35-8-10-39-12-13-40-11-9-36-19-21-5-4-20(14-23(21)28(36)37)25-17-33-18-26-24(25)15-22(30)16-27(26)31/h4-5,14-16,25,32-33H,2-3,6-13,17-19H2,1H3,(H2,34,35,38). The van der Waals surface area contributed by atoms with Gasteiger partial charge in [-0.1, -0.05) is 35.3 Å². The number of nitrogens with one attached hydrogen (secondary N) is 4. The van der Waals surface area contributed by atoms with E-state index < -0.39 is 0 Å². The van der Waals surface area contributed by atoms with Crippen molar-refractivity contribution in [3.05, 3.63) is 68.2 Å². The van der Waals surface area contributed by atoms with E-state index in [0.717, 1.165) is 53.7 Å². The van der Waals surface area contributed by atoms with Crippen LogP contribution >= 0.6 is 23.2 Å². The molecule has 3 amide bonds. The van der Waals surface area contributed by atoms with Gasteiger partial charge in [0.15, 0.2) is 0 Å². The number of amides is 3. The van der Waals surface area contributed by atoms with Crippen LogP contribution < -0.4 is 21.3 Å². The molecule has 1 atom stereocenters. The summed E-state index contributed by atoms with van der Waals surface area (Å²) in [7, 11) is 1.91. The molecule has 0 spiro atoms. The monoisotopic (exact) mass is 591 g/mol. The molecule has 0 aliphatic carbocycles. The van der Waals surface area contributed by atoms with Gasteiger partial charge in [0.2, 0.25) is 0 Å². The third kappa shape index (κ3) is 8.31. The highest BCUT2D eigenvalue weighted by Gasteiger charge is 2.30. The van der Waals surface area contributed by atoms with E-state index in [2.05, 4.69) is 33.4 Å². The first-order valence-electron chi connectivity index (χ1n) is 13.9. The Kier molecular flexibility index (Phi) is 11.9. The van der Waals surface area contributed by atoms with Crippen molar-refractivity contribution in [3.8, 4) is 0 Å². The number of rotatable bonds is 15. The molecule has 9 nitrogen and oxygen atoms in total. The van der Waals surface area contributed by atoms with Crippen molar-refractivity contribution in [2.24, 2.45) is 0 Å². The van der Waals surface area contributed by atoms with Gasteiger partial charge in [0.1, 0.15) is 0 Å². The number of hydrogen-bond donors (Lipinski definition) is 4. The summed E-state index contributed by atoms with van der Waals surface area (Å²) in [5, 5.41) is 13.4. The second-order valence-corrected chi connectivity index (χ2v) is 10.8. The minimum atomic E-state index is -0.179. The lowest BCUT2D eigenvalue weighted by Crippen LogP contribution is -2.38. The predicted octanol–water partition coefficient (Wildman–Crippen LogP) is 3.52. The van der Waals surface area contributed by atoms with Crippen molar-refractivity contribution in [2.75, 3.05) is 66.2 Å². The number of carbonyl (C=O) groups excluding carboxylic acids is 2. The van der Waals surface area contributed by atoms with Crippen LogP contribution in [0.5, 0.6) is 0 Å².